The monoisotopic (exact) mass is 469 g/mol. The Hall–Kier alpha value is -3.36. The van der Waals surface area contributed by atoms with Crippen LogP contribution in [0.1, 0.15) is 64.4 Å². The molecule has 0 spiro atoms. The van der Waals surface area contributed by atoms with Crippen molar-refractivity contribution in [3.05, 3.63) is 50.4 Å². The van der Waals surface area contributed by atoms with E-state index in [4.69, 9.17) is 4.74 Å². The third-order valence-corrected chi connectivity index (χ3v) is 6.94. The Bertz CT molecular complexity index is 1130. The van der Waals surface area contributed by atoms with Crippen molar-refractivity contribution in [1.29, 1.82) is 0 Å². The smallest absolute Gasteiger partial charge is 0.314 e. The third-order valence-electron chi connectivity index (χ3n) is 6.94. The van der Waals surface area contributed by atoms with Crippen molar-refractivity contribution in [1.82, 2.24) is 10.2 Å². The van der Waals surface area contributed by atoms with Gasteiger partial charge in [-0.1, -0.05) is 13.8 Å². The average molecular weight is 470 g/mol. The second kappa shape index (κ2) is 8.77. The molecule has 0 saturated carbocycles. The molecule has 1 aliphatic carbocycles. The lowest BCUT2D eigenvalue weighted by molar-refractivity contribution is -0.386. The van der Waals surface area contributed by atoms with Crippen LogP contribution in [0.3, 0.4) is 0 Å². The minimum absolute atomic E-state index is 0.0732. The molecule has 0 radical (unpaired) electrons. The summed E-state index contributed by atoms with van der Waals surface area (Å²) in [4.78, 5) is 40.0. The molecule has 1 saturated heterocycles. The molecule has 0 unspecified atom stereocenters. The number of hydrogen-bond donors (Lipinski definition) is 2. The van der Waals surface area contributed by atoms with Gasteiger partial charge in [0.15, 0.2) is 11.5 Å². The van der Waals surface area contributed by atoms with Gasteiger partial charge in [-0.2, -0.15) is 0 Å². The Morgan fingerprint density at radius 3 is 2.53 bits per heavy atom. The molecule has 9 nitrogen and oxygen atoms in total. The molecule has 34 heavy (non-hydrogen) atoms. The van der Waals surface area contributed by atoms with E-state index in [1.54, 1.807) is 4.90 Å². The molecule has 1 atom stereocenters. The molecule has 1 fully saturated rings. The summed E-state index contributed by atoms with van der Waals surface area (Å²) in [6.07, 6.45) is 3.81. The number of rotatable bonds is 4. The number of hydrogen-bond acceptors (Lipinski definition) is 7. The molecule has 2 heterocycles. The zero-order chi connectivity index (χ0) is 24.8. The number of phenolic OH excluding ortho intramolecular Hbond substituents is 1. The maximum atomic E-state index is 13.8. The first-order chi connectivity index (χ1) is 16.0. The first-order valence-corrected chi connectivity index (χ1v) is 11.6. The molecule has 9 heteroatoms. The molecule has 2 aliphatic heterocycles. The van der Waals surface area contributed by atoms with Crippen molar-refractivity contribution in [3.8, 4) is 11.5 Å². The Balaban J connectivity index is 1.93. The maximum absolute atomic E-state index is 13.8. The predicted octanol–water partition coefficient (Wildman–Crippen LogP) is 3.93. The van der Waals surface area contributed by atoms with Crippen LogP contribution in [0.2, 0.25) is 0 Å². The van der Waals surface area contributed by atoms with Crippen molar-refractivity contribution in [2.75, 3.05) is 20.2 Å². The molecule has 1 amide bonds. The van der Waals surface area contributed by atoms with Crippen LogP contribution in [-0.4, -0.2) is 46.8 Å². The highest BCUT2D eigenvalue weighted by molar-refractivity contribution is 6.05. The number of carbonyl (C=O) groups is 2. The number of benzene rings is 1. The summed E-state index contributed by atoms with van der Waals surface area (Å²) in [5.74, 6) is -1.71. The van der Waals surface area contributed by atoms with Crippen LogP contribution in [0, 0.1) is 15.5 Å². The van der Waals surface area contributed by atoms with E-state index in [-0.39, 0.29) is 22.9 Å². The molecular weight excluding hydrogens is 438 g/mol. The van der Waals surface area contributed by atoms with E-state index < -0.39 is 22.3 Å². The molecule has 0 bridgehead atoms. The van der Waals surface area contributed by atoms with E-state index >= 15 is 0 Å². The standard InChI is InChI=1S/C25H31N3O6/c1-14-20(24(31)27-8-6-5-7-9-27)21(22-16(26-14)12-25(2,3)13-18(22)29)15-10-17(28(32)33)23(30)19(11-15)34-4/h10-11,21,26,30H,5-9,12-13H2,1-4H3/t21-/m0/s1. The topological polar surface area (TPSA) is 122 Å². The van der Waals surface area contributed by atoms with Crippen LogP contribution in [0.15, 0.2) is 34.7 Å². The molecule has 4 rings (SSSR count). The molecule has 3 aliphatic rings. The number of nitro benzene ring substituents is 1. The molecule has 1 aromatic carbocycles. The number of nitro groups is 1. The largest absolute Gasteiger partial charge is 0.500 e. The van der Waals surface area contributed by atoms with Crippen molar-refractivity contribution < 1.29 is 24.4 Å². The second-order valence-electron chi connectivity index (χ2n) is 10.1. The van der Waals surface area contributed by atoms with Crippen molar-refractivity contribution in [2.45, 2.75) is 58.8 Å². The number of allylic oxidation sites excluding steroid dienone is 3. The van der Waals surface area contributed by atoms with Gasteiger partial charge < -0.3 is 20.1 Å². The number of methoxy groups -OCH3 is 1. The minimum Gasteiger partial charge on any atom is -0.500 e. The van der Waals surface area contributed by atoms with Crippen LogP contribution in [-0.2, 0) is 9.59 Å². The lowest BCUT2D eigenvalue weighted by Crippen LogP contribution is -2.43. The van der Waals surface area contributed by atoms with Crippen molar-refractivity contribution in [2.24, 2.45) is 5.41 Å². The van der Waals surface area contributed by atoms with Gasteiger partial charge in [-0.25, -0.2) is 0 Å². The lowest BCUT2D eigenvalue weighted by Gasteiger charge is -2.41. The first kappa shape index (κ1) is 23.8. The highest BCUT2D eigenvalue weighted by Crippen LogP contribution is 2.49. The average Bonchev–Trinajstić information content (AvgIpc) is 2.77. The Morgan fingerprint density at radius 2 is 1.91 bits per heavy atom. The van der Waals surface area contributed by atoms with Gasteiger partial charge in [0, 0.05) is 54.0 Å². The predicted molar refractivity (Wildman–Crippen MR) is 125 cm³/mol. The lowest BCUT2D eigenvalue weighted by atomic mass is 9.68. The van der Waals surface area contributed by atoms with Gasteiger partial charge in [-0.3, -0.25) is 19.7 Å². The highest BCUT2D eigenvalue weighted by atomic mass is 16.6. The number of piperidine rings is 1. The van der Waals surface area contributed by atoms with Gasteiger partial charge in [-0.05, 0) is 49.7 Å². The van der Waals surface area contributed by atoms with Crippen LogP contribution in [0.5, 0.6) is 11.5 Å². The number of phenols is 1. The fourth-order valence-corrected chi connectivity index (χ4v) is 5.40. The van der Waals surface area contributed by atoms with E-state index in [0.717, 1.165) is 25.0 Å². The second-order valence-corrected chi connectivity index (χ2v) is 10.1. The molecular formula is C25H31N3O6. The quantitative estimate of drug-likeness (QED) is 0.506. The summed E-state index contributed by atoms with van der Waals surface area (Å²) in [6.45, 7) is 7.12. The van der Waals surface area contributed by atoms with Crippen LogP contribution in [0.4, 0.5) is 5.69 Å². The number of nitrogens with one attached hydrogen (secondary N) is 1. The fourth-order valence-electron chi connectivity index (χ4n) is 5.40. The summed E-state index contributed by atoms with van der Waals surface area (Å²) >= 11 is 0. The number of likely N-dealkylation sites (tertiary alicyclic amines) is 1. The van der Waals surface area contributed by atoms with Crippen LogP contribution < -0.4 is 10.1 Å². The Morgan fingerprint density at radius 1 is 1.24 bits per heavy atom. The van der Waals surface area contributed by atoms with Crippen LogP contribution >= 0.6 is 0 Å². The van der Waals surface area contributed by atoms with E-state index in [1.807, 2.05) is 20.8 Å². The number of amides is 1. The van der Waals surface area contributed by atoms with E-state index in [9.17, 15) is 24.8 Å². The zero-order valence-electron chi connectivity index (χ0n) is 20.1. The van der Waals surface area contributed by atoms with Crippen molar-refractivity contribution >= 4 is 17.4 Å². The van der Waals surface area contributed by atoms with Crippen molar-refractivity contribution in [3.63, 3.8) is 0 Å². The van der Waals surface area contributed by atoms with Gasteiger partial charge in [0.1, 0.15) is 0 Å². The molecule has 182 valence electrons. The number of ether oxygens (including phenoxy) is 1. The molecule has 1 aromatic rings. The van der Waals surface area contributed by atoms with Gasteiger partial charge in [0.25, 0.3) is 5.91 Å². The van der Waals surface area contributed by atoms with E-state index in [0.29, 0.717) is 48.3 Å². The maximum Gasteiger partial charge on any atom is 0.314 e. The Kier molecular flexibility index (Phi) is 6.14. The number of Topliss-reactive ketones (excluding diaryl/α,β-unsaturated/α-hetero) is 1. The summed E-state index contributed by atoms with van der Waals surface area (Å²) in [6, 6.07) is 2.75. The summed E-state index contributed by atoms with van der Waals surface area (Å²) < 4.78 is 5.22. The van der Waals surface area contributed by atoms with Gasteiger partial charge in [-0.15, -0.1) is 0 Å². The minimum atomic E-state index is -0.789. The van der Waals surface area contributed by atoms with Crippen LogP contribution in [0.25, 0.3) is 0 Å². The zero-order valence-corrected chi connectivity index (χ0v) is 20.1. The van der Waals surface area contributed by atoms with E-state index in [1.165, 1.54) is 19.2 Å². The molecule has 2 N–H and O–H groups in total. The molecule has 0 aromatic heterocycles. The SMILES string of the molecule is COc1cc([C@H]2C(C(=O)N3CCCCC3)=C(C)NC3=C2C(=O)CC(C)(C)C3)cc([N+](=O)[O-])c1O. The number of dihydropyridines is 1. The summed E-state index contributed by atoms with van der Waals surface area (Å²) in [5, 5.41) is 25.3. The highest BCUT2D eigenvalue weighted by Gasteiger charge is 2.44. The first-order valence-electron chi connectivity index (χ1n) is 11.6. The van der Waals surface area contributed by atoms with Gasteiger partial charge >= 0.3 is 5.69 Å². The van der Waals surface area contributed by atoms with E-state index in [2.05, 4.69) is 5.32 Å². The summed E-state index contributed by atoms with van der Waals surface area (Å²) in [5.41, 5.74) is 1.86. The number of carbonyl (C=O) groups excluding carboxylic acids is 2. The number of aromatic hydroxyl groups is 1. The Labute approximate surface area is 198 Å². The summed E-state index contributed by atoms with van der Waals surface area (Å²) in [7, 11) is 1.31. The van der Waals surface area contributed by atoms with Gasteiger partial charge in [0.2, 0.25) is 5.75 Å². The number of nitrogens with zero attached hydrogens (tertiary/aromatic N) is 2. The van der Waals surface area contributed by atoms with Gasteiger partial charge in [0.05, 0.1) is 12.0 Å². The number of ketones is 1. The normalized spacial score (nSPS) is 22.3. The fraction of sp³-hybridized carbons (Fsp3) is 0.520. The third kappa shape index (κ3) is 4.15.